The third-order valence-electron chi connectivity index (χ3n) is 2.04. The predicted octanol–water partition coefficient (Wildman–Crippen LogP) is 3.26. The number of halogens is 1. The van der Waals surface area contributed by atoms with Gasteiger partial charge in [-0.2, -0.15) is 0 Å². The number of ether oxygens (including phenoxy) is 1. The monoisotopic (exact) mass is 316 g/mol. The van der Waals surface area contributed by atoms with Crippen molar-refractivity contribution in [3.8, 4) is 0 Å². The highest BCUT2D eigenvalue weighted by Crippen LogP contribution is 2.13. The van der Waals surface area contributed by atoms with E-state index in [0.29, 0.717) is 12.0 Å². The van der Waals surface area contributed by atoms with E-state index >= 15 is 0 Å². The van der Waals surface area contributed by atoms with Crippen molar-refractivity contribution in [3.05, 3.63) is 39.0 Å². The highest BCUT2D eigenvalue weighted by Gasteiger charge is 2.06. The van der Waals surface area contributed by atoms with Gasteiger partial charge in [0.1, 0.15) is 0 Å². The van der Waals surface area contributed by atoms with Crippen LogP contribution in [0, 0.1) is 3.57 Å². The molecule has 0 radical (unpaired) electrons. The van der Waals surface area contributed by atoms with Gasteiger partial charge in [-0.15, -0.1) is 0 Å². The number of carbonyl (C=O) groups is 1. The Labute approximate surface area is 103 Å². The number of carbonyl (C=O) groups excluding carboxylic acids is 1. The molecule has 0 aliphatic heterocycles. The van der Waals surface area contributed by atoms with Crippen LogP contribution >= 0.6 is 22.6 Å². The van der Waals surface area contributed by atoms with Gasteiger partial charge in [0.25, 0.3) is 0 Å². The van der Waals surface area contributed by atoms with Gasteiger partial charge in [0.2, 0.25) is 0 Å². The van der Waals surface area contributed by atoms with Crippen LogP contribution in [-0.4, -0.2) is 13.1 Å². The van der Waals surface area contributed by atoms with Gasteiger partial charge in [-0.3, -0.25) is 0 Å². The maximum Gasteiger partial charge on any atom is 0.333 e. The molecule has 1 aromatic rings. The van der Waals surface area contributed by atoms with Crippen molar-refractivity contribution >= 4 is 34.6 Å². The third-order valence-corrected chi connectivity index (χ3v) is 2.76. The SMILES string of the molecule is CC/C(=C\c1ccc(I)cc1)C(=O)OC. The van der Waals surface area contributed by atoms with Crippen LogP contribution in [0.25, 0.3) is 6.08 Å². The molecular formula is C12H13IO2. The zero-order chi connectivity index (χ0) is 11.3. The van der Waals surface area contributed by atoms with Crippen LogP contribution in [0.4, 0.5) is 0 Å². The Balaban J connectivity index is 2.93. The number of esters is 1. The van der Waals surface area contributed by atoms with E-state index in [2.05, 4.69) is 22.6 Å². The smallest absolute Gasteiger partial charge is 0.333 e. The maximum atomic E-state index is 11.3. The Bertz CT molecular complexity index is 366. The largest absolute Gasteiger partial charge is 0.466 e. The van der Waals surface area contributed by atoms with Crippen molar-refractivity contribution in [3.63, 3.8) is 0 Å². The van der Waals surface area contributed by atoms with Crippen LogP contribution < -0.4 is 0 Å². The number of hydrogen-bond acceptors (Lipinski definition) is 2. The van der Waals surface area contributed by atoms with Crippen LogP contribution in [0.1, 0.15) is 18.9 Å². The molecule has 0 spiro atoms. The number of methoxy groups -OCH3 is 1. The molecule has 0 N–H and O–H groups in total. The summed E-state index contributed by atoms with van der Waals surface area (Å²) in [5.41, 5.74) is 1.72. The first-order chi connectivity index (χ1) is 7.17. The average molecular weight is 316 g/mol. The van der Waals surface area contributed by atoms with Crippen molar-refractivity contribution < 1.29 is 9.53 Å². The molecule has 0 bridgehead atoms. The summed E-state index contributed by atoms with van der Waals surface area (Å²) in [5, 5.41) is 0. The van der Waals surface area contributed by atoms with E-state index in [1.54, 1.807) is 0 Å². The van der Waals surface area contributed by atoms with Crippen LogP contribution in [0.15, 0.2) is 29.8 Å². The second-order valence-corrected chi connectivity index (χ2v) is 4.31. The van der Waals surface area contributed by atoms with E-state index in [1.165, 1.54) is 10.7 Å². The molecule has 0 aliphatic carbocycles. The van der Waals surface area contributed by atoms with Gasteiger partial charge in [-0.25, -0.2) is 4.79 Å². The van der Waals surface area contributed by atoms with Crippen molar-refractivity contribution in [2.24, 2.45) is 0 Å². The summed E-state index contributed by atoms with van der Waals surface area (Å²) in [4.78, 5) is 11.3. The number of hydrogen-bond donors (Lipinski definition) is 0. The molecule has 0 amide bonds. The summed E-state index contributed by atoms with van der Waals surface area (Å²) < 4.78 is 5.87. The predicted molar refractivity (Wildman–Crippen MR) is 69.4 cm³/mol. The molecule has 0 atom stereocenters. The average Bonchev–Trinajstić information content (AvgIpc) is 2.27. The molecule has 0 saturated heterocycles. The Hall–Kier alpha value is -0.840. The molecule has 1 aromatic carbocycles. The summed E-state index contributed by atoms with van der Waals surface area (Å²) >= 11 is 2.25. The Morgan fingerprint density at radius 3 is 2.47 bits per heavy atom. The summed E-state index contributed by atoms with van der Waals surface area (Å²) in [6.45, 7) is 1.94. The number of benzene rings is 1. The molecule has 3 heteroatoms. The normalized spacial score (nSPS) is 11.3. The van der Waals surface area contributed by atoms with Crippen molar-refractivity contribution in [1.29, 1.82) is 0 Å². The highest BCUT2D eigenvalue weighted by atomic mass is 127. The van der Waals surface area contributed by atoms with Crippen molar-refractivity contribution in [1.82, 2.24) is 0 Å². The minimum atomic E-state index is -0.254. The minimum absolute atomic E-state index is 0.254. The molecule has 0 fully saturated rings. The molecule has 1 rings (SSSR count). The summed E-state index contributed by atoms with van der Waals surface area (Å²) in [7, 11) is 1.40. The van der Waals surface area contributed by atoms with Gasteiger partial charge in [0.15, 0.2) is 0 Å². The molecule has 0 aliphatic rings. The lowest BCUT2D eigenvalue weighted by molar-refractivity contribution is -0.136. The lowest BCUT2D eigenvalue weighted by Gasteiger charge is -2.02. The summed E-state index contributed by atoms with van der Waals surface area (Å²) in [6, 6.07) is 7.99. The van der Waals surface area contributed by atoms with E-state index in [4.69, 9.17) is 4.74 Å². The van der Waals surface area contributed by atoms with Crippen LogP contribution in [0.3, 0.4) is 0 Å². The van der Waals surface area contributed by atoms with Crippen LogP contribution in [0.2, 0.25) is 0 Å². The first kappa shape index (κ1) is 12.2. The van der Waals surface area contributed by atoms with Gasteiger partial charge < -0.3 is 4.74 Å². The maximum absolute atomic E-state index is 11.3. The van der Waals surface area contributed by atoms with Crippen molar-refractivity contribution in [2.45, 2.75) is 13.3 Å². The fourth-order valence-corrected chi connectivity index (χ4v) is 1.56. The van der Waals surface area contributed by atoms with Gasteiger partial charge in [0, 0.05) is 9.14 Å². The van der Waals surface area contributed by atoms with E-state index in [9.17, 15) is 4.79 Å². The summed E-state index contributed by atoms with van der Waals surface area (Å²) in [5.74, 6) is -0.254. The molecule has 0 unspecified atom stereocenters. The fraction of sp³-hybridized carbons (Fsp3) is 0.250. The molecule has 0 heterocycles. The fourth-order valence-electron chi connectivity index (χ4n) is 1.20. The van der Waals surface area contributed by atoms with Crippen LogP contribution in [-0.2, 0) is 9.53 Å². The minimum Gasteiger partial charge on any atom is -0.466 e. The molecule has 2 nitrogen and oxygen atoms in total. The van der Waals surface area contributed by atoms with Gasteiger partial charge in [-0.05, 0) is 52.8 Å². The third kappa shape index (κ3) is 3.66. The second kappa shape index (κ2) is 5.90. The zero-order valence-corrected chi connectivity index (χ0v) is 10.9. The molecule has 15 heavy (non-hydrogen) atoms. The Kier molecular flexibility index (Phi) is 4.81. The van der Waals surface area contributed by atoms with Gasteiger partial charge in [0.05, 0.1) is 7.11 Å². The highest BCUT2D eigenvalue weighted by molar-refractivity contribution is 14.1. The number of rotatable bonds is 3. The lowest BCUT2D eigenvalue weighted by Crippen LogP contribution is -2.03. The quantitative estimate of drug-likeness (QED) is 0.486. The van der Waals surface area contributed by atoms with Crippen molar-refractivity contribution in [2.75, 3.05) is 7.11 Å². The standard InChI is InChI=1S/C12H13IO2/c1-3-10(12(14)15-2)8-9-4-6-11(13)7-5-9/h4-8H,3H2,1-2H3/b10-8+. The second-order valence-electron chi connectivity index (χ2n) is 3.07. The first-order valence-corrected chi connectivity index (χ1v) is 5.79. The Morgan fingerprint density at radius 2 is 2.00 bits per heavy atom. The first-order valence-electron chi connectivity index (χ1n) is 4.71. The van der Waals surface area contributed by atoms with E-state index in [0.717, 1.165) is 5.56 Å². The lowest BCUT2D eigenvalue weighted by atomic mass is 10.1. The summed E-state index contributed by atoms with van der Waals surface area (Å²) in [6.07, 6.45) is 2.54. The van der Waals surface area contributed by atoms with E-state index in [-0.39, 0.29) is 5.97 Å². The van der Waals surface area contributed by atoms with E-state index in [1.807, 2.05) is 37.3 Å². The molecule has 0 aromatic heterocycles. The van der Waals surface area contributed by atoms with Crippen LogP contribution in [0.5, 0.6) is 0 Å². The molecule has 0 saturated carbocycles. The van der Waals surface area contributed by atoms with E-state index < -0.39 is 0 Å². The zero-order valence-electron chi connectivity index (χ0n) is 8.79. The molecular weight excluding hydrogens is 303 g/mol. The topological polar surface area (TPSA) is 26.3 Å². The van der Waals surface area contributed by atoms with Gasteiger partial charge >= 0.3 is 5.97 Å². The van der Waals surface area contributed by atoms with Gasteiger partial charge in [-0.1, -0.05) is 19.1 Å². The Morgan fingerprint density at radius 1 is 1.40 bits per heavy atom. The molecule has 80 valence electrons.